The maximum absolute atomic E-state index is 11.1. The minimum Gasteiger partial charge on any atom is -0.378 e. The number of amides is 3. The van der Waals surface area contributed by atoms with E-state index in [2.05, 4.69) is 5.32 Å². The Bertz CT molecular complexity index is 215. The number of urea groups is 1. The number of carbonyl (C=O) groups excluding carboxylic acids is 2. The van der Waals surface area contributed by atoms with Gasteiger partial charge < -0.3 is 10.5 Å². The number of nitrogens with two attached hydrogens (primary N) is 1. The maximum Gasteiger partial charge on any atom is 0.318 e. The average Bonchev–Trinajstić information content (AvgIpc) is 1.94. The van der Waals surface area contributed by atoms with Crippen LogP contribution in [0.4, 0.5) is 4.79 Å². The van der Waals surface area contributed by atoms with Gasteiger partial charge in [0.15, 0.2) is 0 Å². The first kappa shape index (κ1) is 9.94. The van der Waals surface area contributed by atoms with Gasteiger partial charge in [0.2, 0.25) is 5.91 Å². The summed E-state index contributed by atoms with van der Waals surface area (Å²) in [7, 11) is 0. The number of imide groups is 1. The van der Waals surface area contributed by atoms with Crippen molar-refractivity contribution in [1.82, 2.24) is 10.6 Å². The summed E-state index contributed by atoms with van der Waals surface area (Å²) in [6, 6.07) is -1.06. The molecule has 0 bridgehead atoms. The molecule has 6 heteroatoms. The molecule has 1 unspecified atom stereocenters. The van der Waals surface area contributed by atoms with Crippen LogP contribution < -0.4 is 16.4 Å². The zero-order chi connectivity index (χ0) is 9.84. The molecule has 13 heavy (non-hydrogen) atoms. The molecular formula is C7H13N3O3. The van der Waals surface area contributed by atoms with Crippen molar-refractivity contribution in [2.75, 3.05) is 13.2 Å². The largest absolute Gasteiger partial charge is 0.378 e. The van der Waals surface area contributed by atoms with Crippen LogP contribution in [0.1, 0.15) is 6.92 Å². The molecule has 0 aromatic rings. The van der Waals surface area contributed by atoms with Gasteiger partial charge in [-0.05, 0) is 6.92 Å². The number of rotatable bonds is 3. The molecule has 0 aliphatic carbocycles. The Balaban J connectivity index is 2.24. The number of hydrogen-bond acceptors (Lipinski definition) is 4. The average molecular weight is 187 g/mol. The van der Waals surface area contributed by atoms with E-state index in [1.165, 1.54) is 0 Å². The summed E-state index contributed by atoms with van der Waals surface area (Å²) in [6.07, 6.45) is 0. The molecule has 0 aromatic carbocycles. The highest BCUT2D eigenvalue weighted by atomic mass is 16.5. The highest BCUT2D eigenvalue weighted by molar-refractivity contribution is 5.96. The lowest BCUT2D eigenvalue weighted by Crippen LogP contribution is -2.55. The summed E-state index contributed by atoms with van der Waals surface area (Å²) in [4.78, 5) is 21.4. The second-order valence-electron chi connectivity index (χ2n) is 2.98. The lowest BCUT2D eigenvalue weighted by atomic mass is 10.2. The highest BCUT2D eigenvalue weighted by Crippen LogP contribution is 2.00. The predicted molar refractivity (Wildman–Crippen MR) is 44.9 cm³/mol. The third-order valence-corrected chi connectivity index (χ3v) is 1.76. The first-order chi connectivity index (χ1) is 6.09. The number of ether oxygens (including phenoxy) is 1. The van der Waals surface area contributed by atoms with Gasteiger partial charge in [-0.1, -0.05) is 0 Å². The molecular weight excluding hydrogens is 174 g/mol. The van der Waals surface area contributed by atoms with Crippen LogP contribution in [-0.4, -0.2) is 37.2 Å². The minimum absolute atomic E-state index is 0.202. The fourth-order valence-corrected chi connectivity index (χ4v) is 0.991. The number of hydrogen-bond donors (Lipinski definition) is 3. The Morgan fingerprint density at radius 3 is 2.54 bits per heavy atom. The fourth-order valence-electron chi connectivity index (χ4n) is 0.991. The van der Waals surface area contributed by atoms with Crippen LogP contribution in [0.25, 0.3) is 0 Å². The van der Waals surface area contributed by atoms with Crippen LogP contribution in [-0.2, 0) is 9.53 Å². The van der Waals surface area contributed by atoms with Crippen molar-refractivity contribution in [1.29, 1.82) is 0 Å². The summed E-state index contributed by atoms with van der Waals surface area (Å²) >= 11 is 0. The molecule has 1 saturated heterocycles. The van der Waals surface area contributed by atoms with Crippen molar-refractivity contribution in [2.24, 2.45) is 5.73 Å². The van der Waals surface area contributed by atoms with Gasteiger partial charge in [-0.3, -0.25) is 15.4 Å². The summed E-state index contributed by atoms with van der Waals surface area (Å²) in [6.45, 7) is 2.87. The van der Waals surface area contributed by atoms with Gasteiger partial charge in [-0.25, -0.2) is 4.79 Å². The van der Waals surface area contributed by atoms with Crippen LogP contribution in [0.15, 0.2) is 0 Å². The summed E-state index contributed by atoms with van der Waals surface area (Å²) in [5.41, 5.74) is 4.79. The quantitative estimate of drug-likeness (QED) is 0.504. The Morgan fingerprint density at radius 1 is 1.54 bits per heavy atom. The zero-order valence-electron chi connectivity index (χ0n) is 7.37. The van der Waals surface area contributed by atoms with Crippen molar-refractivity contribution < 1.29 is 14.3 Å². The molecule has 1 rings (SSSR count). The van der Waals surface area contributed by atoms with Gasteiger partial charge in [-0.15, -0.1) is 0 Å². The minimum atomic E-state index is -0.830. The first-order valence-corrected chi connectivity index (χ1v) is 4.03. The monoisotopic (exact) mass is 187 g/mol. The Labute approximate surface area is 75.8 Å². The molecule has 4 N–H and O–H groups in total. The molecule has 0 saturated carbocycles. The van der Waals surface area contributed by atoms with E-state index >= 15 is 0 Å². The van der Waals surface area contributed by atoms with Gasteiger partial charge in [0.05, 0.1) is 25.3 Å². The van der Waals surface area contributed by atoms with E-state index in [9.17, 15) is 9.59 Å². The van der Waals surface area contributed by atoms with Crippen LogP contribution in [0.2, 0.25) is 0 Å². The zero-order valence-corrected chi connectivity index (χ0v) is 7.37. The van der Waals surface area contributed by atoms with Crippen LogP contribution in [0.5, 0.6) is 0 Å². The van der Waals surface area contributed by atoms with E-state index in [1.807, 2.05) is 5.32 Å². The van der Waals surface area contributed by atoms with Crippen molar-refractivity contribution in [3.63, 3.8) is 0 Å². The number of carbonyl (C=O) groups is 2. The molecule has 0 radical (unpaired) electrons. The molecule has 1 atom stereocenters. The standard InChI is InChI=1S/C7H13N3O3/c1-4(6(11)10-7(8)12)9-5-2-13-3-5/h4-5,9H,2-3H2,1H3,(H3,8,10,11,12). The van der Waals surface area contributed by atoms with Gasteiger partial charge >= 0.3 is 6.03 Å². The van der Waals surface area contributed by atoms with Crippen LogP contribution in [0, 0.1) is 0 Å². The van der Waals surface area contributed by atoms with Crippen LogP contribution in [0.3, 0.4) is 0 Å². The highest BCUT2D eigenvalue weighted by Gasteiger charge is 2.23. The fraction of sp³-hybridized carbons (Fsp3) is 0.714. The van der Waals surface area contributed by atoms with E-state index in [1.54, 1.807) is 6.92 Å². The molecule has 3 amide bonds. The maximum atomic E-state index is 11.1. The van der Waals surface area contributed by atoms with E-state index in [0.29, 0.717) is 13.2 Å². The molecule has 6 nitrogen and oxygen atoms in total. The van der Waals surface area contributed by atoms with Gasteiger partial charge in [-0.2, -0.15) is 0 Å². The smallest absolute Gasteiger partial charge is 0.318 e. The number of primary amides is 1. The number of nitrogens with one attached hydrogen (secondary N) is 2. The van der Waals surface area contributed by atoms with E-state index in [0.717, 1.165) is 0 Å². The summed E-state index contributed by atoms with van der Waals surface area (Å²) in [5.74, 6) is -0.417. The molecule has 74 valence electrons. The molecule has 1 aliphatic rings. The third kappa shape index (κ3) is 3.00. The molecule has 0 spiro atoms. The van der Waals surface area contributed by atoms with Crippen LogP contribution >= 0.6 is 0 Å². The summed E-state index contributed by atoms with van der Waals surface area (Å²) in [5, 5.41) is 4.97. The molecule has 0 aromatic heterocycles. The van der Waals surface area contributed by atoms with Crippen molar-refractivity contribution in [3.8, 4) is 0 Å². The van der Waals surface area contributed by atoms with Gasteiger partial charge in [0.25, 0.3) is 0 Å². The van der Waals surface area contributed by atoms with E-state index < -0.39 is 18.0 Å². The van der Waals surface area contributed by atoms with Crippen molar-refractivity contribution in [2.45, 2.75) is 19.0 Å². The Hall–Kier alpha value is -1.14. The van der Waals surface area contributed by atoms with Gasteiger partial charge in [0, 0.05) is 0 Å². The summed E-state index contributed by atoms with van der Waals surface area (Å²) < 4.78 is 4.91. The molecule has 1 aliphatic heterocycles. The molecule has 1 fully saturated rings. The SMILES string of the molecule is CC(NC1COC1)C(=O)NC(N)=O. The Morgan fingerprint density at radius 2 is 2.15 bits per heavy atom. The lowest BCUT2D eigenvalue weighted by Gasteiger charge is -2.29. The molecule has 1 heterocycles. The van der Waals surface area contributed by atoms with Crippen molar-refractivity contribution >= 4 is 11.9 Å². The van der Waals surface area contributed by atoms with Crippen molar-refractivity contribution in [3.05, 3.63) is 0 Å². The normalized spacial score (nSPS) is 18.8. The van der Waals surface area contributed by atoms with Gasteiger partial charge in [0.1, 0.15) is 0 Å². The topological polar surface area (TPSA) is 93.4 Å². The van der Waals surface area contributed by atoms with E-state index in [4.69, 9.17) is 10.5 Å². The first-order valence-electron chi connectivity index (χ1n) is 4.03. The van der Waals surface area contributed by atoms with E-state index in [-0.39, 0.29) is 6.04 Å². The second-order valence-corrected chi connectivity index (χ2v) is 2.98. The second kappa shape index (κ2) is 4.20. The lowest BCUT2D eigenvalue weighted by molar-refractivity contribution is -0.122. The Kier molecular flexibility index (Phi) is 3.21. The predicted octanol–water partition coefficient (Wildman–Crippen LogP) is -1.44. The third-order valence-electron chi connectivity index (χ3n) is 1.76.